The van der Waals surface area contributed by atoms with Gasteiger partial charge in [-0.05, 0) is 48.9 Å². The van der Waals surface area contributed by atoms with E-state index in [0.717, 1.165) is 62.5 Å². The highest BCUT2D eigenvalue weighted by molar-refractivity contribution is 6.03. The number of nitrogen functional groups attached to an aromatic ring is 2. The molecule has 0 saturated heterocycles. The minimum absolute atomic E-state index is 0.0193. The molecule has 6 rings (SSSR count). The molecule has 0 radical (unpaired) electrons. The Morgan fingerprint density at radius 1 is 0.744 bits per heavy atom. The number of aliphatic hydroxyl groups excluding tert-OH is 2. The molecule has 4 unspecified atom stereocenters. The summed E-state index contributed by atoms with van der Waals surface area (Å²) in [7, 11) is 0. The minimum Gasteiger partial charge on any atom is -0.398 e. The number of hydrogen-bond acceptors (Lipinski definition) is 6. The summed E-state index contributed by atoms with van der Waals surface area (Å²) >= 11 is 0. The van der Waals surface area contributed by atoms with Crippen molar-refractivity contribution >= 4 is 23.2 Å². The van der Waals surface area contributed by atoms with E-state index in [0.29, 0.717) is 42.1 Å². The molecule has 4 aliphatic rings. The van der Waals surface area contributed by atoms with Gasteiger partial charge in [0.2, 0.25) is 0 Å². The lowest BCUT2D eigenvalue weighted by atomic mass is 9.86. The highest BCUT2D eigenvalue weighted by Gasteiger charge is 2.38. The number of rotatable bonds is 3. The Labute approximate surface area is 232 Å². The molecule has 2 aliphatic carbocycles. The van der Waals surface area contributed by atoms with Gasteiger partial charge in [0.25, 0.3) is 11.8 Å². The number of nitrogens with two attached hydrogens (primary N) is 2. The van der Waals surface area contributed by atoms with Gasteiger partial charge in [-0.25, -0.2) is 0 Å². The topological polar surface area (TPSA) is 133 Å². The first-order valence-corrected chi connectivity index (χ1v) is 14.6. The molecule has 0 spiro atoms. The number of anilines is 2. The molecule has 8 nitrogen and oxygen atoms in total. The van der Waals surface area contributed by atoms with E-state index in [1.165, 1.54) is 0 Å². The summed E-state index contributed by atoms with van der Waals surface area (Å²) in [6, 6.07) is 11.2. The van der Waals surface area contributed by atoms with E-state index in [9.17, 15) is 19.8 Å². The molecule has 6 N–H and O–H groups in total. The van der Waals surface area contributed by atoms with Crippen molar-refractivity contribution < 1.29 is 19.8 Å². The fraction of sp³-hybridized carbons (Fsp3) is 0.548. The first-order valence-electron chi connectivity index (χ1n) is 14.6. The molecular weight excluding hydrogens is 492 g/mol. The highest BCUT2D eigenvalue weighted by Crippen LogP contribution is 2.34. The highest BCUT2D eigenvalue weighted by atomic mass is 16.3. The van der Waals surface area contributed by atoms with E-state index in [4.69, 9.17) is 11.5 Å². The predicted molar refractivity (Wildman–Crippen MR) is 154 cm³/mol. The van der Waals surface area contributed by atoms with Gasteiger partial charge in [-0.1, -0.05) is 63.8 Å². The standard InChI is InChI=1S/C15H20N2O2.C14H18N2O2.C2H6/c16-12-6-3-5-11-9-17(15(19)14(11)12)8-10-4-1-2-7-13(10)18;15-10-5-3-4-9-8-16(14(18)13(9)10)11-6-1-2-7-12(11)17;1-2/h3,5-6,10,13,18H,1-2,4,7-9,16H2;3-5,11-12,17H,1-2,6-8,15H2;1-2H3. The minimum atomic E-state index is -0.391. The number of amides is 2. The number of carbonyl (C=O) groups excluding carboxylic acids is 2. The van der Waals surface area contributed by atoms with Crippen molar-refractivity contribution in [1.29, 1.82) is 0 Å². The largest absolute Gasteiger partial charge is 0.398 e. The molecule has 39 heavy (non-hydrogen) atoms. The second kappa shape index (κ2) is 12.8. The Kier molecular flexibility index (Phi) is 9.51. The predicted octanol–water partition coefficient (Wildman–Crippen LogP) is 4.33. The molecule has 212 valence electrons. The van der Waals surface area contributed by atoms with Crippen LogP contribution in [0.15, 0.2) is 36.4 Å². The van der Waals surface area contributed by atoms with Crippen molar-refractivity contribution in [3.8, 4) is 0 Å². The van der Waals surface area contributed by atoms with Crippen molar-refractivity contribution in [1.82, 2.24) is 9.80 Å². The summed E-state index contributed by atoms with van der Waals surface area (Å²) in [6.07, 6.45) is 7.28. The van der Waals surface area contributed by atoms with Crippen LogP contribution in [-0.2, 0) is 13.1 Å². The third kappa shape index (κ3) is 6.07. The first-order chi connectivity index (χ1) is 18.8. The van der Waals surface area contributed by atoms with Gasteiger partial charge in [-0.2, -0.15) is 0 Å². The Hall–Kier alpha value is -3.10. The molecule has 2 heterocycles. The number of hydrogen-bond donors (Lipinski definition) is 4. The summed E-state index contributed by atoms with van der Waals surface area (Å²) in [5, 5.41) is 20.1. The van der Waals surface area contributed by atoms with Crippen LogP contribution in [0.4, 0.5) is 11.4 Å². The van der Waals surface area contributed by atoms with E-state index in [-0.39, 0.29) is 29.9 Å². The Balaban J connectivity index is 0.000000170. The van der Waals surface area contributed by atoms with Crippen LogP contribution in [0.3, 0.4) is 0 Å². The lowest BCUT2D eigenvalue weighted by Gasteiger charge is -2.35. The van der Waals surface area contributed by atoms with Crippen LogP contribution in [0.1, 0.15) is 97.1 Å². The van der Waals surface area contributed by atoms with Gasteiger partial charge in [-0.3, -0.25) is 9.59 Å². The fourth-order valence-corrected chi connectivity index (χ4v) is 6.41. The maximum absolute atomic E-state index is 12.4. The van der Waals surface area contributed by atoms with Crippen LogP contribution in [0, 0.1) is 5.92 Å². The maximum atomic E-state index is 12.4. The third-order valence-corrected chi connectivity index (χ3v) is 8.46. The fourth-order valence-electron chi connectivity index (χ4n) is 6.41. The van der Waals surface area contributed by atoms with Gasteiger partial charge in [0.1, 0.15) is 0 Å². The summed E-state index contributed by atoms with van der Waals surface area (Å²) in [6.45, 7) is 5.86. The maximum Gasteiger partial charge on any atom is 0.256 e. The number of fused-ring (bicyclic) bond motifs is 2. The van der Waals surface area contributed by atoms with E-state index < -0.39 is 6.10 Å². The molecule has 0 bridgehead atoms. The Bertz CT molecular complexity index is 1170. The van der Waals surface area contributed by atoms with Crippen LogP contribution in [-0.4, -0.2) is 56.6 Å². The SMILES string of the molecule is CC.Nc1cccc2c1C(=O)N(C1CCCCC1O)C2.Nc1cccc2c1C(=O)N(CC1CCCCC1O)C2. The monoisotopic (exact) mass is 536 g/mol. The van der Waals surface area contributed by atoms with Gasteiger partial charge < -0.3 is 31.5 Å². The Morgan fingerprint density at radius 2 is 1.28 bits per heavy atom. The molecule has 2 aromatic rings. The van der Waals surface area contributed by atoms with Gasteiger partial charge >= 0.3 is 0 Å². The first kappa shape index (κ1) is 28.9. The number of nitrogens with zero attached hydrogens (tertiary/aromatic N) is 2. The average Bonchev–Trinajstić information content (AvgIpc) is 3.45. The van der Waals surface area contributed by atoms with Gasteiger partial charge in [-0.15, -0.1) is 0 Å². The van der Waals surface area contributed by atoms with Crippen molar-refractivity contribution in [2.24, 2.45) is 5.92 Å². The number of benzene rings is 2. The second-order valence-electron chi connectivity index (χ2n) is 10.9. The molecule has 2 amide bonds. The van der Waals surface area contributed by atoms with Crippen LogP contribution in [0.2, 0.25) is 0 Å². The lowest BCUT2D eigenvalue weighted by molar-refractivity contribution is 0.0191. The molecule has 4 atom stereocenters. The van der Waals surface area contributed by atoms with E-state index in [1.54, 1.807) is 17.0 Å². The van der Waals surface area contributed by atoms with Crippen LogP contribution in [0.25, 0.3) is 0 Å². The third-order valence-electron chi connectivity index (χ3n) is 8.46. The molecule has 2 fully saturated rings. The lowest BCUT2D eigenvalue weighted by Crippen LogP contribution is -2.45. The van der Waals surface area contributed by atoms with Crippen LogP contribution < -0.4 is 11.5 Å². The summed E-state index contributed by atoms with van der Waals surface area (Å²) in [5.74, 6) is 0.216. The Morgan fingerprint density at radius 3 is 1.85 bits per heavy atom. The molecule has 0 aromatic heterocycles. The molecule has 2 aromatic carbocycles. The molecule has 2 aliphatic heterocycles. The molecule has 8 heteroatoms. The van der Waals surface area contributed by atoms with Gasteiger partial charge in [0.15, 0.2) is 0 Å². The van der Waals surface area contributed by atoms with Crippen molar-refractivity contribution in [3.05, 3.63) is 58.7 Å². The van der Waals surface area contributed by atoms with Crippen molar-refractivity contribution in [3.63, 3.8) is 0 Å². The summed E-state index contributed by atoms with van der Waals surface area (Å²) < 4.78 is 0. The van der Waals surface area contributed by atoms with Gasteiger partial charge in [0.05, 0.1) is 29.4 Å². The van der Waals surface area contributed by atoms with Crippen molar-refractivity contribution in [2.45, 2.75) is 96.6 Å². The van der Waals surface area contributed by atoms with E-state index in [1.807, 2.05) is 43.0 Å². The number of carbonyl (C=O) groups is 2. The smallest absolute Gasteiger partial charge is 0.256 e. The zero-order chi connectivity index (χ0) is 28.1. The zero-order valence-electron chi connectivity index (χ0n) is 23.3. The summed E-state index contributed by atoms with van der Waals surface area (Å²) in [5.41, 5.74) is 16.2. The van der Waals surface area contributed by atoms with E-state index in [2.05, 4.69) is 0 Å². The van der Waals surface area contributed by atoms with Crippen molar-refractivity contribution in [2.75, 3.05) is 18.0 Å². The summed E-state index contributed by atoms with van der Waals surface area (Å²) in [4.78, 5) is 28.4. The normalized spacial score (nSPS) is 25.7. The second-order valence-corrected chi connectivity index (χ2v) is 10.9. The zero-order valence-corrected chi connectivity index (χ0v) is 23.3. The molecule has 2 saturated carbocycles. The van der Waals surface area contributed by atoms with E-state index >= 15 is 0 Å². The number of aliphatic hydroxyl groups is 2. The van der Waals surface area contributed by atoms with Crippen LogP contribution >= 0.6 is 0 Å². The van der Waals surface area contributed by atoms with Gasteiger partial charge in [0, 0.05) is 36.9 Å². The quantitative estimate of drug-likeness (QED) is 0.432. The molecular formula is C31H44N4O4. The van der Waals surface area contributed by atoms with Crippen LogP contribution in [0.5, 0.6) is 0 Å². The average molecular weight is 537 g/mol.